The second kappa shape index (κ2) is 8.65. The molecule has 27 heavy (non-hydrogen) atoms. The third-order valence-corrected chi connectivity index (χ3v) is 3.74. The summed E-state index contributed by atoms with van der Waals surface area (Å²) in [6.07, 6.45) is 1.22. The van der Waals surface area contributed by atoms with Gasteiger partial charge in [0.25, 0.3) is 0 Å². The number of urea groups is 1. The zero-order valence-electron chi connectivity index (χ0n) is 15.2. The van der Waals surface area contributed by atoms with E-state index in [9.17, 15) is 14.9 Å². The number of carbonyl (C=O) groups excluding carboxylic acids is 1. The Labute approximate surface area is 155 Å². The van der Waals surface area contributed by atoms with Crippen molar-refractivity contribution in [3.8, 4) is 11.5 Å². The van der Waals surface area contributed by atoms with Crippen LogP contribution in [0.15, 0.2) is 35.4 Å². The average molecular weight is 372 g/mol. The van der Waals surface area contributed by atoms with E-state index in [1.54, 1.807) is 0 Å². The Hall–Kier alpha value is -3.62. The van der Waals surface area contributed by atoms with Crippen molar-refractivity contribution in [2.45, 2.75) is 20.5 Å². The molecule has 0 saturated carbocycles. The smallest absolute Gasteiger partial charge is 0.332 e. The normalized spacial score (nSPS) is 10.6. The van der Waals surface area contributed by atoms with Gasteiger partial charge in [-0.1, -0.05) is 23.8 Å². The number of methoxy groups -OCH3 is 1. The number of nitro benzene ring substituents is 1. The van der Waals surface area contributed by atoms with Crippen molar-refractivity contribution in [2.75, 3.05) is 7.11 Å². The Morgan fingerprint density at radius 2 is 2.07 bits per heavy atom. The van der Waals surface area contributed by atoms with Crippen LogP contribution < -0.4 is 20.6 Å². The van der Waals surface area contributed by atoms with E-state index >= 15 is 0 Å². The molecule has 2 amide bonds. The Morgan fingerprint density at radius 3 is 2.70 bits per heavy atom. The SMILES string of the molecule is COc1cc(/C=N\NC(N)=O)cc([N+](=O)[O-])c1OCc1cc(C)ccc1C. The van der Waals surface area contributed by atoms with Crippen LogP contribution in [-0.4, -0.2) is 24.3 Å². The number of hydrogen-bond acceptors (Lipinski definition) is 6. The van der Waals surface area contributed by atoms with Crippen LogP contribution in [0.25, 0.3) is 0 Å². The van der Waals surface area contributed by atoms with Crippen molar-refractivity contribution in [3.63, 3.8) is 0 Å². The molecular weight excluding hydrogens is 352 g/mol. The minimum atomic E-state index is -0.846. The molecule has 0 bridgehead atoms. The molecule has 9 nitrogen and oxygen atoms in total. The molecule has 0 atom stereocenters. The number of nitro groups is 1. The lowest BCUT2D eigenvalue weighted by Crippen LogP contribution is -2.24. The number of hydrogen-bond donors (Lipinski definition) is 2. The molecule has 0 saturated heterocycles. The van der Waals surface area contributed by atoms with Gasteiger partial charge in [0.15, 0.2) is 5.75 Å². The van der Waals surface area contributed by atoms with Crippen molar-refractivity contribution < 1.29 is 19.2 Å². The molecule has 142 valence electrons. The molecule has 0 spiro atoms. The van der Waals surface area contributed by atoms with Gasteiger partial charge in [-0.05, 0) is 31.0 Å². The Balaban J connectivity index is 2.36. The van der Waals surface area contributed by atoms with Crippen LogP contribution in [0.3, 0.4) is 0 Å². The van der Waals surface area contributed by atoms with Crippen LogP contribution in [0.2, 0.25) is 0 Å². The fourth-order valence-electron chi connectivity index (χ4n) is 2.39. The number of amides is 2. The van der Waals surface area contributed by atoms with E-state index in [1.807, 2.05) is 37.5 Å². The maximum Gasteiger partial charge on any atom is 0.332 e. The van der Waals surface area contributed by atoms with Crippen LogP contribution in [0.1, 0.15) is 22.3 Å². The summed E-state index contributed by atoms with van der Waals surface area (Å²) >= 11 is 0. The van der Waals surface area contributed by atoms with E-state index in [4.69, 9.17) is 15.2 Å². The second-order valence-electron chi connectivity index (χ2n) is 5.78. The number of nitrogens with one attached hydrogen (secondary N) is 1. The van der Waals surface area contributed by atoms with Crippen LogP contribution in [0.5, 0.6) is 11.5 Å². The standard InChI is InChI=1S/C18H20N4O5/c1-11-4-5-12(2)14(6-11)10-27-17-15(22(24)25)7-13(8-16(17)26-3)9-20-21-18(19)23/h4-9H,10H2,1-3H3,(H3,19,21,23)/b20-9-. The Bertz CT molecular complexity index is 896. The highest BCUT2D eigenvalue weighted by Crippen LogP contribution is 2.38. The molecular formula is C18H20N4O5. The van der Waals surface area contributed by atoms with Crippen LogP contribution in [-0.2, 0) is 6.61 Å². The van der Waals surface area contributed by atoms with Crippen molar-refractivity contribution in [2.24, 2.45) is 10.8 Å². The molecule has 0 heterocycles. The van der Waals surface area contributed by atoms with Gasteiger partial charge in [-0.15, -0.1) is 0 Å². The number of hydrazone groups is 1. The second-order valence-corrected chi connectivity index (χ2v) is 5.78. The fourth-order valence-corrected chi connectivity index (χ4v) is 2.39. The van der Waals surface area contributed by atoms with Gasteiger partial charge in [-0.2, -0.15) is 5.10 Å². The number of primary amides is 1. The molecule has 2 rings (SSSR count). The monoisotopic (exact) mass is 372 g/mol. The zero-order valence-corrected chi connectivity index (χ0v) is 15.2. The lowest BCUT2D eigenvalue weighted by molar-refractivity contribution is -0.386. The average Bonchev–Trinajstić information content (AvgIpc) is 2.61. The maximum atomic E-state index is 11.5. The predicted molar refractivity (Wildman–Crippen MR) is 100 cm³/mol. The van der Waals surface area contributed by atoms with Crippen LogP contribution in [0, 0.1) is 24.0 Å². The topological polar surface area (TPSA) is 129 Å². The first-order chi connectivity index (χ1) is 12.8. The van der Waals surface area contributed by atoms with Gasteiger partial charge in [0.1, 0.15) is 6.61 Å². The van der Waals surface area contributed by atoms with E-state index in [0.29, 0.717) is 5.56 Å². The Kier molecular flexibility index (Phi) is 6.32. The summed E-state index contributed by atoms with van der Waals surface area (Å²) in [5, 5.41) is 15.1. The quantitative estimate of drug-likeness (QED) is 0.438. The molecule has 0 aliphatic rings. The molecule has 0 fully saturated rings. The van der Waals surface area contributed by atoms with Gasteiger partial charge in [0, 0.05) is 11.6 Å². The molecule has 0 aromatic heterocycles. The molecule has 2 aromatic carbocycles. The van der Waals surface area contributed by atoms with E-state index in [1.165, 1.54) is 25.5 Å². The van der Waals surface area contributed by atoms with E-state index in [0.717, 1.165) is 16.7 Å². The molecule has 2 aromatic rings. The van der Waals surface area contributed by atoms with Gasteiger partial charge in [0.05, 0.1) is 18.2 Å². The molecule has 9 heteroatoms. The fraction of sp³-hybridized carbons (Fsp3) is 0.222. The number of aryl methyl sites for hydroxylation is 2. The summed E-state index contributed by atoms with van der Waals surface area (Å²) in [5.74, 6) is 0.193. The van der Waals surface area contributed by atoms with Gasteiger partial charge in [-0.3, -0.25) is 10.1 Å². The lowest BCUT2D eigenvalue weighted by Gasteiger charge is -2.13. The number of ether oxygens (including phenoxy) is 2. The third kappa shape index (κ3) is 5.18. The highest BCUT2D eigenvalue weighted by Gasteiger charge is 2.22. The first-order valence-corrected chi connectivity index (χ1v) is 7.95. The number of rotatable bonds is 7. The van der Waals surface area contributed by atoms with Crippen LogP contribution >= 0.6 is 0 Å². The predicted octanol–water partition coefficient (Wildman–Crippen LogP) is 2.80. The zero-order chi connectivity index (χ0) is 20.0. The van der Waals surface area contributed by atoms with Gasteiger partial charge < -0.3 is 15.2 Å². The third-order valence-electron chi connectivity index (χ3n) is 3.74. The lowest BCUT2D eigenvalue weighted by atomic mass is 10.1. The number of nitrogens with two attached hydrogens (primary N) is 1. The maximum absolute atomic E-state index is 11.5. The minimum absolute atomic E-state index is 0.0171. The first kappa shape index (κ1) is 19.7. The summed E-state index contributed by atoms with van der Waals surface area (Å²) in [5.41, 5.74) is 10.00. The largest absolute Gasteiger partial charge is 0.493 e. The van der Waals surface area contributed by atoms with Gasteiger partial charge in [0.2, 0.25) is 5.75 Å². The molecule has 0 aliphatic carbocycles. The van der Waals surface area contributed by atoms with Gasteiger partial charge >= 0.3 is 11.7 Å². The summed E-state index contributed by atoms with van der Waals surface area (Å²) in [7, 11) is 1.38. The van der Waals surface area contributed by atoms with Crippen molar-refractivity contribution in [1.82, 2.24) is 5.43 Å². The van der Waals surface area contributed by atoms with Crippen molar-refractivity contribution in [3.05, 3.63) is 62.7 Å². The van der Waals surface area contributed by atoms with Crippen molar-refractivity contribution in [1.29, 1.82) is 0 Å². The molecule has 0 unspecified atom stereocenters. The van der Waals surface area contributed by atoms with E-state index in [2.05, 4.69) is 5.10 Å². The first-order valence-electron chi connectivity index (χ1n) is 7.95. The van der Waals surface area contributed by atoms with Gasteiger partial charge in [-0.25, -0.2) is 10.2 Å². The highest BCUT2D eigenvalue weighted by molar-refractivity contribution is 5.84. The number of carbonyl (C=O) groups is 1. The van der Waals surface area contributed by atoms with E-state index < -0.39 is 11.0 Å². The molecule has 3 N–H and O–H groups in total. The van der Waals surface area contributed by atoms with Crippen molar-refractivity contribution >= 4 is 17.9 Å². The summed E-state index contributed by atoms with van der Waals surface area (Å²) < 4.78 is 11.0. The number of nitrogens with zero attached hydrogens (tertiary/aromatic N) is 2. The molecule has 0 aliphatic heterocycles. The van der Waals surface area contributed by atoms with Crippen LogP contribution in [0.4, 0.5) is 10.5 Å². The summed E-state index contributed by atoms with van der Waals surface area (Å²) in [6.45, 7) is 4.05. The van der Waals surface area contributed by atoms with E-state index in [-0.39, 0.29) is 23.8 Å². The Morgan fingerprint density at radius 1 is 1.33 bits per heavy atom. The molecule has 0 radical (unpaired) electrons. The summed E-state index contributed by atoms with van der Waals surface area (Å²) in [6, 6.07) is 7.84. The minimum Gasteiger partial charge on any atom is -0.493 e. The highest BCUT2D eigenvalue weighted by atomic mass is 16.6. The summed E-state index contributed by atoms with van der Waals surface area (Å²) in [4.78, 5) is 21.6. The number of benzene rings is 2.